The van der Waals surface area contributed by atoms with Crippen molar-refractivity contribution in [1.82, 2.24) is 14.6 Å². The van der Waals surface area contributed by atoms with Crippen LogP contribution in [-0.4, -0.2) is 35.0 Å². The minimum Gasteiger partial charge on any atom is -0.367 e. The Morgan fingerprint density at radius 2 is 2.00 bits per heavy atom. The summed E-state index contributed by atoms with van der Waals surface area (Å²) in [5.41, 5.74) is 0.902. The van der Waals surface area contributed by atoms with Gasteiger partial charge < -0.3 is 4.90 Å². The van der Waals surface area contributed by atoms with E-state index in [2.05, 4.69) is 10.1 Å². The monoisotopic (exact) mass is 264 g/mol. The van der Waals surface area contributed by atoms with E-state index in [0.29, 0.717) is 11.2 Å². The molecule has 2 heterocycles. The molecular formula is C12H16N4OS. The van der Waals surface area contributed by atoms with Crippen molar-refractivity contribution < 1.29 is 0 Å². The fraction of sp³-hybridized carbons (Fsp3) is 0.417. The molecule has 0 spiro atoms. The standard InChI is InChI=1S/C12H16N4OS/c1-7-8(2)18-11-10(7)12(17)16(9(3)14-11)13-6-15(4)5/h6H,1-5H3/b13-6-. The highest BCUT2D eigenvalue weighted by molar-refractivity contribution is 7.18. The van der Waals surface area contributed by atoms with Crippen molar-refractivity contribution in [2.24, 2.45) is 5.10 Å². The number of aromatic nitrogens is 2. The van der Waals surface area contributed by atoms with Gasteiger partial charge in [-0.2, -0.15) is 9.78 Å². The average Bonchev–Trinajstić information content (AvgIpc) is 2.53. The Hall–Kier alpha value is -1.69. The van der Waals surface area contributed by atoms with Crippen LogP contribution in [0.4, 0.5) is 0 Å². The van der Waals surface area contributed by atoms with Crippen LogP contribution in [0, 0.1) is 20.8 Å². The smallest absolute Gasteiger partial charge is 0.283 e. The third kappa shape index (κ3) is 2.03. The Bertz CT molecular complexity index is 681. The maximum Gasteiger partial charge on any atom is 0.283 e. The van der Waals surface area contributed by atoms with E-state index in [1.54, 1.807) is 29.5 Å². The molecule has 18 heavy (non-hydrogen) atoms. The summed E-state index contributed by atoms with van der Waals surface area (Å²) in [5.74, 6) is 0.604. The Morgan fingerprint density at radius 3 is 2.61 bits per heavy atom. The average molecular weight is 264 g/mol. The molecule has 2 rings (SSSR count). The third-order valence-corrected chi connectivity index (χ3v) is 3.84. The lowest BCUT2D eigenvalue weighted by molar-refractivity contribution is 0.626. The largest absolute Gasteiger partial charge is 0.367 e. The zero-order valence-corrected chi connectivity index (χ0v) is 12.0. The van der Waals surface area contributed by atoms with Crippen LogP contribution in [-0.2, 0) is 0 Å². The van der Waals surface area contributed by atoms with Gasteiger partial charge in [-0.05, 0) is 26.3 Å². The van der Waals surface area contributed by atoms with E-state index < -0.39 is 0 Å². The molecule has 96 valence electrons. The molecule has 0 aromatic carbocycles. The van der Waals surface area contributed by atoms with Crippen molar-refractivity contribution in [1.29, 1.82) is 0 Å². The van der Waals surface area contributed by atoms with E-state index in [1.165, 1.54) is 4.68 Å². The molecule has 0 saturated heterocycles. The summed E-state index contributed by atoms with van der Waals surface area (Å²) in [6.07, 6.45) is 1.59. The first-order valence-electron chi connectivity index (χ1n) is 5.62. The summed E-state index contributed by atoms with van der Waals surface area (Å²) in [4.78, 5) is 20.5. The van der Waals surface area contributed by atoms with Crippen LogP contribution < -0.4 is 5.56 Å². The number of fused-ring (bicyclic) bond motifs is 1. The second-order valence-electron chi connectivity index (χ2n) is 4.43. The van der Waals surface area contributed by atoms with Gasteiger partial charge in [0.05, 0.1) is 5.39 Å². The Morgan fingerprint density at radius 1 is 1.33 bits per heavy atom. The molecule has 0 bridgehead atoms. The van der Waals surface area contributed by atoms with E-state index in [-0.39, 0.29) is 5.56 Å². The zero-order chi connectivity index (χ0) is 13.4. The van der Waals surface area contributed by atoms with Crippen LogP contribution in [0.25, 0.3) is 10.2 Å². The molecule has 6 heteroatoms. The number of hydrogen-bond acceptors (Lipinski definition) is 4. The summed E-state index contributed by atoms with van der Waals surface area (Å²) >= 11 is 1.55. The Balaban J connectivity index is 2.76. The quantitative estimate of drug-likeness (QED) is 0.613. The highest BCUT2D eigenvalue weighted by Gasteiger charge is 2.13. The highest BCUT2D eigenvalue weighted by atomic mass is 32.1. The molecule has 0 N–H and O–H groups in total. The van der Waals surface area contributed by atoms with Crippen molar-refractivity contribution in [3.63, 3.8) is 0 Å². The van der Waals surface area contributed by atoms with Crippen molar-refractivity contribution in [2.75, 3.05) is 14.1 Å². The summed E-state index contributed by atoms with van der Waals surface area (Å²) in [5, 5.41) is 4.83. The van der Waals surface area contributed by atoms with Gasteiger partial charge in [-0.15, -0.1) is 11.3 Å². The molecule has 0 radical (unpaired) electrons. The molecule has 5 nitrogen and oxygen atoms in total. The predicted octanol–water partition coefficient (Wildman–Crippen LogP) is 1.74. The van der Waals surface area contributed by atoms with Gasteiger partial charge in [0.15, 0.2) is 0 Å². The summed E-state index contributed by atoms with van der Waals surface area (Å²) in [6, 6.07) is 0. The fourth-order valence-corrected chi connectivity index (χ4v) is 2.74. The van der Waals surface area contributed by atoms with Gasteiger partial charge in [-0.25, -0.2) is 4.98 Å². The zero-order valence-electron chi connectivity index (χ0n) is 11.2. The highest BCUT2D eigenvalue weighted by Crippen LogP contribution is 2.25. The van der Waals surface area contributed by atoms with Crippen molar-refractivity contribution in [3.8, 4) is 0 Å². The first-order chi connectivity index (χ1) is 8.41. The second-order valence-corrected chi connectivity index (χ2v) is 5.64. The van der Waals surface area contributed by atoms with E-state index in [9.17, 15) is 4.79 Å². The van der Waals surface area contributed by atoms with Gasteiger partial charge in [-0.3, -0.25) is 4.79 Å². The first-order valence-corrected chi connectivity index (χ1v) is 6.43. The normalized spacial score (nSPS) is 11.6. The first kappa shape index (κ1) is 12.8. The van der Waals surface area contributed by atoms with E-state index >= 15 is 0 Å². The Kier molecular flexibility index (Phi) is 3.21. The van der Waals surface area contributed by atoms with Gasteiger partial charge in [0.1, 0.15) is 17.0 Å². The van der Waals surface area contributed by atoms with Crippen molar-refractivity contribution in [2.45, 2.75) is 20.8 Å². The van der Waals surface area contributed by atoms with E-state index in [4.69, 9.17) is 0 Å². The molecule has 0 amide bonds. The summed E-state index contributed by atoms with van der Waals surface area (Å²) in [7, 11) is 3.71. The maximum atomic E-state index is 12.4. The van der Waals surface area contributed by atoms with Gasteiger partial charge in [-0.1, -0.05) is 0 Å². The van der Waals surface area contributed by atoms with Crippen LogP contribution >= 0.6 is 11.3 Å². The molecule has 0 atom stereocenters. The topological polar surface area (TPSA) is 50.5 Å². The number of nitrogens with zero attached hydrogens (tertiary/aromatic N) is 4. The molecule has 0 aliphatic carbocycles. The summed E-state index contributed by atoms with van der Waals surface area (Å²) < 4.78 is 1.35. The molecule has 0 aliphatic rings. The lowest BCUT2D eigenvalue weighted by atomic mass is 10.2. The predicted molar refractivity (Wildman–Crippen MR) is 75.7 cm³/mol. The molecule has 0 fully saturated rings. The van der Waals surface area contributed by atoms with Gasteiger partial charge in [0, 0.05) is 19.0 Å². The number of aryl methyl sites for hydroxylation is 3. The maximum absolute atomic E-state index is 12.4. The van der Waals surface area contributed by atoms with Gasteiger partial charge >= 0.3 is 0 Å². The lowest BCUT2D eigenvalue weighted by Gasteiger charge is -2.06. The SMILES string of the molecule is Cc1sc2nc(C)n(/N=C\N(C)C)c(=O)c2c1C. The van der Waals surface area contributed by atoms with Gasteiger partial charge in [0.2, 0.25) is 0 Å². The number of thiophene rings is 1. The lowest BCUT2D eigenvalue weighted by Crippen LogP contribution is -2.22. The summed E-state index contributed by atoms with van der Waals surface area (Å²) in [6.45, 7) is 5.74. The van der Waals surface area contributed by atoms with Crippen LogP contribution in [0.3, 0.4) is 0 Å². The van der Waals surface area contributed by atoms with Crippen molar-refractivity contribution in [3.05, 3.63) is 26.6 Å². The number of rotatable bonds is 2. The van der Waals surface area contributed by atoms with E-state index in [1.807, 2.05) is 27.9 Å². The molecule has 2 aromatic heterocycles. The second kappa shape index (κ2) is 4.53. The molecule has 0 unspecified atom stereocenters. The van der Waals surface area contributed by atoms with Crippen LogP contribution in [0.2, 0.25) is 0 Å². The minimum absolute atomic E-state index is 0.0996. The van der Waals surface area contributed by atoms with Crippen molar-refractivity contribution >= 4 is 27.9 Å². The van der Waals surface area contributed by atoms with Crippen LogP contribution in [0.1, 0.15) is 16.3 Å². The molecule has 0 aliphatic heterocycles. The minimum atomic E-state index is -0.0996. The van der Waals surface area contributed by atoms with Crippen LogP contribution in [0.5, 0.6) is 0 Å². The fourth-order valence-electron chi connectivity index (χ4n) is 1.68. The third-order valence-electron chi connectivity index (χ3n) is 2.74. The number of hydrogen-bond donors (Lipinski definition) is 0. The molecule has 0 saturated carbocycles. The van der Waals surface area contributed by atoms with Gasteiger partial charge in [0.25, 0.3) is 5.56 Å². The molecule has 2 aromatic rings. The van der Waals surface area contributed by atoms with Crippen LogP contribution in [0.15, 0.2) is 9.90 Å². The molecular weight excluding hydrogens is 248 g/mol. The Labute approximate surface area is 109 Å². The van der Waals surface area contributed by atoms with E-state index in [0.717, 1.165) is 15.3 Å².